The number of carbonyl (C=O) groups is 1. The smallest absolute Gasteiger partial charge is 0.319 e. The molecule has 2 aromatic heterocycles. The van der Waals surface area contributed by atoms with Crippen LogP contribution in [0.1, 0.15) is 55.2 Å². The Morgan fingerprint density at radius 3 is 2.50 bits per heavy atom. The molecule has 286 valence electrons. The van der Waals surface area contributed by atoms with Crippen LogP contribution in [0.25, 0.3) is 32.9 Å². The molecule has 56 heavy (non-hydrogen) atoms. The molecule has 0 aliphatic carbocycles. The van der Waals surface area contributed by atoms with Crippen LogP contribution in [0.2, 0.25) is 0 Å². The van der Waals surface area contributed by atoms with Gasteiger partial charge in [-0.15, -0.1) is 6.42 Å². The third-order valence-corrected chi connectivity index (χ3v) is 12.3. The average molecular weight is 756 g/mol. The van der Waals surface area contributed by atoms with Crippen LogP contribution in [0.15, 0.2) is 67.4 Å². The van der Waals surface area contributed by atoms with Gasteiger partial charge in [-0.2, -0.15) is 9.97 Å². The number of pyridine rings is 1. The van der Waals surface area contributed by atoms with Crippen LogP contribution in [0.5, 0.6) is 11.8 Å². The Morgan fingerprint density at radius 2 is 1.79 bits per heavy atom. The van der Waals surface area contributed by atoms with E-state index in [-0.39, 0.29) is 63.0 Å². The number of halogens is 2. The summed E-state index contributed by atoms with van der Waals surface area (Å²) in [6.07, 6.45) is 14.9. The second-order valence-electron chi connectivity index (χ2n) is 15.6. The summed E-state index contributed by atoms with van der Waals surface area (Å²) in [6, 6.07) is 14.5. The van der Waals surface area contributed by atoms with Crippen molar-refractivity contribution in [2.45, 2.75) is 69.2 Å². The molecule has 0 radical (unpaired) electrons. The van der Waals surface area contributed by atoms with Crippen molar-refractivity contribution in [2.75, 3.05) is 37.7 Å². The Kier molecular flexibility index (Phi) is 9.30. The Hall–Kier alpha value is -5.64. The fraction of sp³-hybridized carbons (Fsp3) is 0.364. The number of hydrogen-bond donors (Lipinski definition) is 2. The normalized spacial score (nSPS) is 20.3. The standard InChI is InChI=1S/C44H43F2N7O3/c1-3-33-36(45)14-11-29-19-32(54)20-34(38(29)33)40-39(46)41-35(22-48-40)42(50-43(49-41)56-26-44-15-5-17-52(44)18-6-16-44)51-24-30-12-13-31(25-51)53(30)23-28-9-7-27(8-10-28)21-47-37(55)4-2/h1,4,7-11,14,19-20,22,30-31,54H,2,5-6,12-13,15-18,21,23-26H2,(H,47,55). The van der Waals surface area contributed by atoms with Crippen LogP contribution >= 0.6 is 0 Å². The van der Waals surface area contributed by atoms with Crippen molar-refractivity contribution >= 4 is 33.4 Å². The van der Waals surface area contributed by atoms with E-state index >= 15 is 8.78 Å². The third kappa shape index (κ3) is 6.38. The first-order valence-corrected chi connectivity index (χ1v) is 19.4. The lowest BCUT2D eigenvalue weighted by Gasteiger charge is -2.42. The van der Waals surface area contributed by atoms with E-state index in [1.807, 2.05) is 12.1 Å². The van der Waals surface area contributed by atoms with Crippen LogP contribution in [-0.2, 0) is 17.9 Å². The lowest BCUT2D eigenvalue weighted by atomic mass is 9.95. The predicted molar refractivity (Wildman–Crippen MR) is 211 cm³/mol. The van der Waals surface area contributed by atoms with Crippen molar-refractivity contribution in [1.29, 1.82) is 0 Å². The van der Waals surface area contributed by atoms with Crippen molar-refractivity contribution in [2.24, 2.45) is 0 Å². The Balaban J connectivity index is 1.06. The Labute approximate surface area is 324 Å². The zero-order chi connectivity index (χ0) is 38.6. The number of fused-ring (bicyclic) bond motifs is 5. The van der Waals surface area contributed by atoms with E-state index in [1.54, 1.807) is 6.20 Å². The second-order valence-corrected chi connectivity index (χ2v) is 15.6. The molecule has 0 saturated carbocycles. The first-order valence-electron chi connectivity index (χ1n) is 19.4. The second kappa shape index (κ2) is 14.5. The summed E-state index contributed by atoms with van der Waals surface area (Å²) < 4.78 is 38.6. The van der Waals surface area contributed by atoms with Crippen molar-refractivity contribution < 1.29 is 23.4 Å². The maximum absolute atomic E-state index is 17.1. The number of terminal acetylenes is 1. The quantitative estimate of drug-likeness (QED) is 0.123. The number of phenols is 1. The van der Waals surface area contributed by atoms with Crippen molar-refractivity contribution in [3.05, 3.63) is 95.7 Å². The van der Waals surface area contributed by atoms with Gasteiger partial charge in [0.05, 0.1) is 16.5 Å². The van der Waals surface area contributed by atoms with Crippen molar-refractivity contribution in [3.8, 4) is 35.4 Å². The monoisotopic (exact) mass is 755 g/mol. The summed E-state index contributed by atoms with van der Waals surface area (Å²) in [5.41, 5.74) is 2.20. The molecule has 10 nitrogen and oxygen atoms in total. The van der Waals surface area contributed by atoms with Crippen LogP contribution in [0.3, 0.4) is 0 Å². The van der Waals surface area contributed by atoms with Gasteiger partial charge in [-0.3, -0.25) is 19.6 Å². The molecule has 5 aromatic rings. The molecule has 4 aliphatic rings. The summed E-state index contributed by atoms with van der Waals surface area (Å²) in [5.74, 6) is 1.29. The molecule has 1 amide bonds. The number of ether oxygens (including phenoxy) is 1. The number of phenolic OH excluding ortho intramolecular Hbond substituents is 1. The number of carbonyl (C=O) groups excluding carboxylic acids is 1. The molecular weight excluding hydrogens is 713 g/mol. The summed E-state index contributed by atoms with van der Waals surface area (Å²) in [4.78, 5) is 33.2. The van der Waals surface area contributed by atoms with Gasteiger partial charge >= 0.3 is 6.01 Å². The number of nitrogens with zero attached hydrogens (tertiary/aromatic N) is 6. The highest BCUT2D eigenvalue weighted by molar-refractivity contribution is 6.03. The molecule has 3 aromatic carbocycles. The van der Waals surface area contributed by atoms with Crippen LogP contribution in [0, 0.1) is 24.0 Å². The van der Waals surface area contributed by atoms with Gasteiger partial charge in [0.1, 0.15) is 35.2 Å². The molecule has 0 spiro atoms. The summed E-state index contributed by atoms with van der Waals surface area (Å²) >= 11 is 0. The Bertz CT molecular complexity index is 2390. The summed E-state index contributed by atoms with van der Waals surface area (Å²) in [7, 11) is 0. The minimum atomic E-state index is -0.731. The van der Waals surface area contributed by atoms with Gasteiger partial charge < -0.3 is 20.1 Å². The molecule has 12 heteroatoms. The minimum absolute atomic E-state index is 0.0376. The van der Waals surface area contributed by atoms with E-state index in [0.717, 1.165) is 63.7 Å². The van der Waals surface area contributed by atoms with E-state index in [1.165, 1.54) is 35.9 Å². The summed E-state index contributed by atoms with van der Waals surface area (Å²) in [6.45, 7) is 8.59. The number of aromatic hydroxyl groups is 1. The highest BCUT2D eigenvalue weighted by atomic mass is 19.1. The zero-order valence-electron chi connectivity index (χ0n) is 31.1. The largest absolute Gasteiger partial charge is 0.508 e. The highest BCUT2D eigenvalue weighted by Gasteiger charge is 2.45. The van der Waals surface area contributed by atoms with Gasteiger partial charge in [0.2, 0.25) is 5.91 Å². The van der Waals surface area contributed by atoms with E-state index in [4.69, 9.17) is 21.1 Å². The molecule has 2 atom stereocenters. The van der Waals surface area contributed by atoms with Crippen LogP contribution < -0.4 is 15.0 Å². The molecule has 2 bridgehead atoms. The van der Waals surface area contributed by atoms with Gasteiger partial charge in [0.15, 0.2) is 5.82 Å². The molecule has 6 heterocycles. The summed E-state index contributed by atoms with van der Waals surface area (Å²) in [5, 5.41) is 14.7. The van der Waals surface area contributed by atoms with Gasteiger partial charge in [-0.25, -0.2) is 8.78 Å². The first kappa shape index (κ1) is 36.0. The molecule has 4 saturated heterocycles. The topological polar surface area (TPSA) is 107 Å². The Morgan fingerprint density at radius 1 is 1.05 bits per heavy atom. The lowest BCUT2D eigenvalue weighted by Crippen LogP contribution is -2.53. The fourth-order valence-electron chi connectivity index (χ4n) is 9.58. The number of nitrogens with one attached hydrogen (secondary N) is 1. The van der Waals surface area contributed by atoms with Crippen molar-refractivity contribution in [3.63, 3.8) is 0 Å². The van der Waals surface area contributed by atoms with Gasteiger partial charge in [-0.1, -0.05) is 42.8 Å². The van der Waals surface area contributed by atoms with Crippen molar-refractivity contribution in [1.82, 2.24) is 30.1 Å². The van der Waals surface area contributed by atoms with Gasteiger partial charge in [-0.05, 0) is 92.4 Å². The van der Waals surface area contributed by atoms with Gasteiger partial charge in [0, 0.05) is 55.4 Å². The number of benzene rings is 3. The van der Waals surface area contributed by atoms with Crippen LogP contribution in [-0.4, -0.2) is 86.2 Å². The number of rotatable bonds is 10. The maximum atomic E-state index is 17.1. The molecule has 9 rings (SSSR count). The molecule has 2 N–H and O–H groups in total. The minimum Gasteiger partial charge on any atom is -0.508 e. The average Bonchev–Trinajstić information content (AvgIpc) is 3.86. The zero-order valence-corrected chi connectivity index (χ0v) is 31.1. The van der Waals surface area contributed by atoms with E-state index in [2.05, 4.69) is 49.6 Å². The number of piperazine rings is 1. The molecule has 4 fully saturated rings. The number of hydrogen-bond acceptors (Lipinski definition) is 9. The number of amides is 1. The van der Waals surface area contributed by atoms with E-state index in [9.17, 15) is 9.90 Å². The lowest BCUT2D eigenvalue weighted by molar-refractivity contribution is -0.116. The molecular formula is C44H43F2N7O3. The third-order valence-electron chi connectivity index (χ3n) is 12.3. The van der Waals surface area contributed by atoms with Gasteiger partial charge in [0.25, 0.3) is 0 Å². The highest BCUT2D eigenvalue weighted by Crippen LogP contribution is 2.42. The molecule has 2 unspecified atom stereocenters. The fourth-order valence-corrected chi connectivity index (χ4v) is 9.58. The maximum Gasteiger partial charge on any atom is 0.319 e. The number of aromatic nitrogens is 3. The van der Waals surface area contributed by atoms with E-state index < -0.39 is 11.6 Å². The number of anilines is 1. The first-order chi connectivity index (χ1) is 27.2. The molecule has 4 aliphatic heterocycles. The van der Waals surface area contributed by atoms with Crippen LogP contribution in [0.4, 0.5) is 14.6 Å². The van der Waals surface area contributed by atoms with E-state index in [0.29, 0.717) is 42.8 Å². The SMILES string of the molecule is C#Cc1c(F)ccc2cc(O)cc(-c3ncc4c(N5CC6CCC(C5)N6Cc5ccc(CNC(=O)C=C)cc5)nc(OCC56CCCN5CCC6)nc4c3F)c12. The predicted octanol–water partition coefficient (Wildman–Crippen LogP) is 6.47.